The molecule has 2 aromatic heterocycles. The number of carbonyl (C=O) groups is 4. The fraction of sp³-hybridized carbons (Fsp3) is 0.478. The molecular weight excluding hydrogens is 831 g/mol. The van der Waals surface area contributed by atoms with Crippen LogP contribution < -0.4 is 15.4 Å². The summed E-state index contributed by atoms with van der Waals surface area (Å²) in [4.78, 5) is 72.3. The molecule has 18 heteroatoms. The number of benzene rings is 3. The second kappa shape index (κ2) is 18.1. The van der Waals surface area contributed by atoms with Gasteiger partial charge in [-0.15, -0.1) is 0 Å². The smallest absolute Gasteiger partial charge is 0.407 e. The van der Waals surface area contributed by atoms with Crippen molar-refractivity contribution >= 4 is 45.8 Å². The zero-order valence-corrected chi connectivity index (χ0v) is 36.9. The van der Waals surface area contributed by atoms with E-state index in [-0.39, 0.29) is 48.9 Å². The second-order valence-corrected chi connectivity index (χ2v) is 17.6. The third-order valence-electron chi connectivity index (χ3n) is 12.7. The van der Waals surface area contributed by atoms with Crippen molar-refractivity contribution < 1.29 is 46.9 Å². The molecule has 0 spiro atoms. The van der Waals surface area contributed by atoms with Crippen LogP contribution in [0.2, 0.25) is 0 Å². The number of imidazole rings is 2. The maximum atomic E-state index is 14.0. The SMILES string of the molecule is COC(=O)N[C@H](C(=O)N1C[C@@H](COC(F)F)CC1c1nc2c(ccc3cc4c(cc32)OCc2cc(-c3cnc([C@@H]5CC[C@H](C)N5C(=O)[C@@H](NC(=O)OC)C(C)C)[nH]3)ccc2-4)[nH]1)C(C)C. The molecule has 8 rings (SSSR count). The van der Waals surface area contributed by atoms with E-state index in [4.69, 9.17) is 24.2 Å². The van der Waals surface area contributed by atoms with Crippen LogP contribution in [-0.4, -0.2) is 106 Å². The van der Waals surface area contributed by atoms with Crippen molar-refractivity contribution in [3.05, 3.63) is 65.9 Å². The minimum Gasteiger partial charge on any atom is -0.488 e. The first-order chi connectivity index (χ1) is 30.6. The van der Waals surface area contributed by atoms with Crippen LogP contribution in [0, 0.1) is 17.8 Å². The second-order valence-electron chi connectivity index (χ2n) is 17.6. The van der Waals surface area contributed by atoms with E-state index in [9.17, 15) is 28.0 Å². The van der Waals surface area contributed by atoms with E-state index in [1.807, 2.05) is 49.9 Å². The third-order valence-corrected chi connectivity index (χ3v) is 12.7. The van der Waals surface area contributed by atoms with E-state index < -0.39 is 42.8 Å². The number of amides is 4. The van der Waals surface area contributed by atoms with Crippen LogP contribution in [0.15, 0.2) is 48.7 Å². The lowest BCUT2D eigenvalue weighted by Gasteiger charge is -2.32. The number of likely N-dealkylation sites (tertiary alicyclic amines) is 2. The van der Waals surface area contributed by atoms with E-state index in [0.717, 1.165) is 57.1 Å². The van der Waals surface area contributed by atoms with Crippen LogP contribution >= 0.6 is 0 Å². The lowest BCUT2D eigenvalue weighted by Crippen LogP contribution is -2.52. The molecule has 5 heterocycles. The summed E-state index contributed by atoms with van der Waals surface area (Å²) in [6, 6.07) is 11.6. The number of aromatic amines is 2. The molecule has 1 unspecified atom stereocenters. The largest absolute Gasteiger partial charge is 0.488 e. The van der Waals surface area contributed by atoms with Crippen LogP contribution in [0.4, 0.5) is 18.4 Å². The summed E-state index contributed by atoms with van der Waals surface area (Å²) in [5.74, 6) is 0.469. The van der Waals surface area contributed by atoms with Gasteiger partial charge in [-0.05, 0) is 84.4 Å². The molecule has 0 saturated carbocycles. The van der Waals surface area contributed by atoms with Gasteiger partial charge in [0.25, 0.3) is 0 Å². The highest BCUT2D eigenvalue weighted by molar-refractivity contribution is 6.07. The minimum absolute atomic E-state index is 0.0423. The molecule has 0 aliphatic carbocycles. The van der Waals surface area contributed by atoms with Gasteiger partial charge >= 0.3 is 18.8 Å². The molecule has 6 atom stereocenters. The van der Waals surface area contributed by atoms with Gasteiger partial charge in [-0.3, -0.25) is 9.59 Å². The number of halogens is 2. The summed E-state index contributed by atoms with van der Waals surface area (Å²) in [7, 11) is 2.50. The van der Waals surface area contributed by atoms with Crippen LogP contribution in [0.3, 0.4) is 0 Å². The molecule has 3 aliphatic rings. The van der Waals surface area contributed by atoms with Gasteiger partial charge in [-0.25, -0.2) is 19.6 Å². The number of hydrogen-bond acceptors (Lipinski definition) is 10. The van der Waals surface area contributed by atoms with Crippen LogP contribution in [0.25, 0.3) is 44.2 Å². The number of H-pyrrole nitrogens is 2. The Morgan fingerprint density at radius 1 is 0.875 bits per heavy atom. The number of nitrogens with one attached hydrogen (secondary N) is 4. The molecule has 4 amide bonds. The molecule has 340 valence electrons. The summed E-state index contributed by atoms with van der Waals surface area (Å²) in [6.07, 6.45) is 2.23. The first-order valence-electron chi connectivity index (χ1n) is 21.6. The topological polar surface area (TPSA) is 193 Å². The third kappa shape index (κ3) is 8.54. The lowest BCUT2D eigenvalue weighted by molar-refractivity contribution is -0.139. The van der Waals surface area contributed by atoms with Gasteiger partial charge in [0.2, 0.25) is 11.8 Å². The number of hydrogen-bond donors (Lipinski definition) is 4. The molecule has 0 radical (unpaired) electrons. The summed E-state index contributed by atoms with van der Waals surface area (Å²) >= 11 is 0. The van der Waals surface area contributed by atoms with Crippen molar-refractivity contribution in [1.82, 2.24) is 40.4 Å². The van der Waals surface area contributed by atoms with Crippen molar-refractivity contribution in [2.45, 2.75) is 97.3 Å². The molecule has 5 aromatic rings. The van der Waals surface area contributed by atoms with Crippen molar-refractivity contribution in [2.75, 3.05) is 27.4 Å². The van der Waals surface area contributed by atoms with Gasteiger partial charge in [0, 0.05) is 29.5 Å². The van der Waals surface area contributed by atoms with Crippen LogP contribution in [-0.2, 0) is 30.4 Å². The van der Waals surface area contributed by atoms with Gasteiger partial charge < -0.3 is 49.3 Å². The first kappa shape index (κ1) is 44.3. The Kier molecular flexibility index (Phi) is 12.5. The van der Waals surface area contributed by atoms with Crippen molar-refractivity contribution in [3.63, 3.8) is 0 Å². The molecule has 2 saturated heterocycles. The van der Waals surface area contributed by atoms with Gasteiger partial charge in [0.05, 0.1) is 55.8 Å². The number of alkyl halides is 2. The Morgan fingerprint density at radius 2 is 1.59 bits per heavy atom. The predicted molar refractivity (Wildman–Crippen MR) is 232 cm³/mol. The van der Waals surface area contributed by atoms with E-state index in [0.29, 0.717) is 35.9 Å². The summed E-state index contributed by atoms with van der Waals surface area (Å²) in [5.41, 5.74) is 6.03. The van der Waals surface area contributed by atoms with E-state index in [1.165, 1.54) is 14.2 Å². The molecule has 0 bridgehead atoms. The Bertz CT molecular complexity index is 2580. The fourth-order valence-electron chi connectivity index (χ4n) is 9.40. The predicted octanol–water partition coefficient (Wildman–Crippen LogP) is 7.61. The average molecular weight is 885 g/mol. The fourth-order valence-corrected chi connectivity index (χ4v) is 9.40. The highest BCUT2D eigenvalue weighted by Gasteiger charge is 2.43. The summed E-state index contributed by atoms with van der Waals surface area (Å²) in [6.45, 7) is 6.66. The van der Waals surface area contributed by atoms with Crippen molar-refractivity contribution in [2.24, 2.45) is 17.8 Å². The monoisotopic (exact) mass is 884 g/mol. The molecule has 64 heavy (non-hydrogen) atoms. The number of aromatic nitrogens is 4. The Hall–Kier alpha value is -6.30. The number of ether oxygens (including phenoxy) is 4. The number of methoxy groups -OCH3 is 2. The average Bonchev–Trinajstić information content (AvgIpc) is 4.10. The number of carbonyl (C=O) groups excluding carboxylic acids is 4. The highest BCUT2D eigenvalue weighted by Crippen LogP contribution is 2.44. The number of rotatable bonds is 12. The Labute approximate surface area is 368 Å². The molecular formula is C46H54F2N8O8. The molecule has 4 N–H and O–H groups in total. The zero-order valence-electron chi connectivity index (χ0n) is 36.9. The molecule has 16 nitrogen and oxygen atoms in total. The van der Waals surface area contributed by atoms with E-state index in [1.54, 1.807) is 24.9 Å². The van der Waals surface area contributed by atoms with E-state index >= 15 is 0 Å². The maximum Gasteiger partial charge on any atom is 0.407 e. The van der Waals surface area contributed by atoms with Crippen molar-refractivity contribution in [3.8, 4) is 28.1 Å². The maximum absolute atomic E-state index is 14.0. The van der Waals surface area contributed by atoms with Gasteiger partial charge in [0.15, 0.2) is 0 Å². The number of alkyl carbamates (subject to hydrolysis) is 2. The van der Waals surface area contributed by atoms with Crippen molar-refractivity contribution in [1.29, 1.82) is 0 Å². The quantitative estimate of drug-likeness (QED) is 0.0970. The lowest BCUT2D eigenvalue weighted by atomic mass is 9.92. The van der Waals surface area contributed by atoms with E-state index in [2.05, 4.69) is 43.5 Å². The minimum atomic E-state index is -2.95. The zero-order chi connectivity index (χ0) is 45.6. The van der Waals surface area contributed by atoms with Gasteiger partial charge in [0.1, 0.15) is 36.1 Å². The summed E-state index contributed by atoms with van der Waals surface area (Å²) < 4.78 is 46.8. The van der Waals surface area contributed by atoms with Crippen LogP contribution in [0.5, 0.6) is 5.75 Å². The Balaban J connectivity index is 1.05. The molecule has 3 aromatic carbocycles. The number of nitrogens with zero attached hydrogens (tertiary/aromatic N) is 4. The first-order valence-corrected chi connectivity index (χ1v) is 21.6. The molecule has 3 aliphatic heterocycles. The summed E-state index contributed by atoms with van der Waals surface area (Å²) in [5, 5.41) is 7.09. The molecule has 2 fully saturated rings. The standard InChI is InChI=1S/C46H54F2N8O8/c1-22(2)37(53-45(59)61-6)42(57)55-19-25(20-64-44(47)48)14-35(55)41-50-32-12-10-26-16-31-29-11-9-27(15-28(29)21-63-36(31)17-30(26)39(32)52-41)33-18-49-40(51-33)34-13-8-24(5)56(34)43(58)38(23(3)4)54-46(60)62-7/h9-12,15-18,22-25,34-35,37-38,44H,8,13-14,19-21H2,1-7H3,(H,49,51)(H,50,52)(H,53,59)(H,54,60)/t24-,25-,34-,35?,37-,38-/m0/s1. The van der Waals surface area contributed by atoms with Gasteiger partial charge in [-0.2, -0.15) is 8.78 Å². The normalized spacial score (nSPS) is 20.4. The Morgan fingerprint density at radius 3 is 2.28 bits per heavy atom. The highest BCUT2D eigenvalue weighted by atomic mass is 19.3. The number of fused-ring (bicyclic) bond motifs is 6. The van der Waals surface area contributed by atoms with Gasteiger partial charge in [-0.1, -0.05) is 45.9 Å². The van der Waals surface area contributed by atoms with Crippen LogP contribution in [0.1, 0.15) is 83.2 Å².